The molecule has 0 saturated carbocycles. The first kappa shape index (κ1) is 36.2. The van der Waals surface area contributed by atoms with E-state index in [4.69, 9.17) is 15.0 Å². The molecule has 4 heteroatoms. The summed E-state index contributed by atoms with van der Waals surface area (Å²) in [6.45, 7) is 0. The maximum absolute atomic E-state index is 5.42. The lowest BCUT2D eigenvalue weighted by Gasteiger charge is -2.41. The van der Waals surface area contributed by atoms with E-state index in [1.54, 1.807) is 0 Å². The summed E-state index contributed by atoms with van der Waals surface area (Å²) >= 11 is 0. The normalized spacial score (nSPS) is 16.3. The summed E-state index contributed by atoms with van der Waals surface area (Å²) in [5.74, 6) is 1.86. The Morgan fingerprint density at radius 1 is 0.500 bits per heavy atom. The number of rotatable bonds is 7. The van der Waals surface area contributed by atoms with Crippen LogP contribution < -0.4 is 0 Å². The molecule has 0 aliphatic heterocycles. The summed E-state index contributed by atoms with van der Waals surface area (Å²) in [7, 11) is 0. The van der Waals surface area contributed by atoms with Crippen LogP contribution in [-0.4, -0.2) is 19.5 Å². The summed E-state index contributed by atoms with van der Waals surface area (Å²) in [5, 5.41) is 1.23. The first-order valence-corrected chi connectivity index (χ1v) is 21.7. The zero-order valence-corrected chi connectivity index (χ0v) is 34.2. The van der Waals surface area contributed by atoms with Crippen LogP contribution in [0.15, 0.2) is 206 Å². The molecule has 0 fully saturated rings. The zero-order chi connectivity index (χ0) is 41.0. The number of fused-ring (bicyclic) bond motifs is 3. The number of benzene rings is 7. The van der Waals surface area contributed by atoms with Gasteiger partial charge in [0.2, 0.25) is 5.95 Å². The molecule has 7 aromatic carbocycles. The van der Waals surface area contributed by atoms with Crippen molar-refractivity contribution in [2.75, 3.05) is 0 Å². The van der Waals surface area contributed by atoms with Crippen molar-refractivity contribution in [1.82, 2.24) is 19.5 Å². The van der Waals surface area contributed by atoms with Gasteiger partial charge in [0.1, 0.15) is 0 Å². The number of aryl methyl sites for hydroxylation is 2. The lowest BCUT2D eigenvalue weighted by Crippen LogP contribution is -2.33. The molecule has 12 rings (SSSR count). The highest BCUT2D eigenvalue weighted by molar-refractivity contribution is 5.92. The van der Waals surface area contributed by atoms with Gasteiger partial charge in [-0.1, -0.05) is 182 Å². The molecule has 0 N–H and O–H groups in total. The topological polar surface area (TPSA) is 43.6 Å². The molecule has 1 unspecified atom stereocenters. The van der Waals surface area contributed by atoms with E-state index in [-0.39, 0.29) is 0 Å². The van der Waals surface area contributed by atoms with Crippen molar-refractivity contribution in [3.8, 4) is 51.0 Å². The largest absolute Gasteiger partial charge is 0.278 e. The van der Waals surface area contributed by atoms with Crippen molar-refractivity contribution in [2.24, 2.45) is 0 Å². The van der Waals surface area contributed by atoms with Gasteiger partial charge in [0.15, 0.2) is 11.6 Å². The summed E-state index contributed by atoms with van der Waals surface area (Å²) in [6, 6.07) is 65.0. The number of hydrogen-bond donors (Lipinski definition) is 0. The molecule has 0 spiro atoms. The molecule has 294 valence electrons. The van der Waals surface area contributed by atoms with E-state index in [9.17, 15) is 0 Å². The number of hydrogen-bond acceptors (Lipinski definition) is 3. The molecule has 2 aromatic heterocycles. The highest BCUT2D eigenvalue weighted by Gasteiger charge is 2.42. The molecule has 4 nitrogen and oxygen atoms in total. The average molecular weight is 795 g/mol. The van der Waals surface area contributed by atoms with Crippen LogP contribution in [-0.2, 0) is 18.3 Å². The standard InChI is InChI=1S/C58H42N4/c1-4-16-39(17-5-1)43-23-13-25-45(36-43)55-59-56(46-26-14-24-44(37-46)40-18-6-2-7-19-40)61-57(60-55)62-52-31-11-10-29-49(52)50-33-32-48(38-53(50)62)58(47-27-8-3-9-28-47)35-34-42-21-12-20-41-22-15-30-51(58)54(41)42/h1-11,13-19,21-31,34-38H,12,20,32-33H2. The monoisotopic (exact) mass is 794 g/mol. The number of aromatic nitrogens is 4. The lowest BCUT2D eigenvalue weighted by molar-refractivity contribution is 0.690. The minimum Gasteiger partial charge on any atom is -0.278 e. The Kier molecular flexibility index (Phi) is 8.63. The van der Waals surface area contributed by atoms with Gasteiger partial charge in [0.25, 0.3) is 0 Å². The first-order valence-electron chi connectivity index (χ1n) is 21.7. The Bertz CT molecular complexity index is 3180. The van der Waals surface area contributed by atoms with Crippen LogP contribution >= 0.6 is 0 Å². The summed E-state index contributed by atoms with van der Waals surface area (Å²) in [4.78, 5) is 16.1. The second-order valence-electron chi connectivity index (χ2n) is 16.6. The van der Waals surface area contributed by atoms with Gasteiger partial charge in [-0.25, -0.2) is 4.98 Å². The van der Waals surface area contributed by atoms with Crippen LogP contribution in [0.25, 0.3) is 73.5 Å². The quantitative estimate of drug-likeness (QED) is 0.161. The molecule has 2 heterocycles. The second-order valence-corrected chi connectivity index (χ2v) is 16.6. The second kappa shape index (κ2) is 14.8. The number of nitrogens with zero attached hydrogens (tertiary/aromatic N) is 4. The molecule has 0 amide bonds. The third-order valence-corrected chi connectivity index (χ3v) is 13.1. The van der Waals surface area contributed by atoms with Crippen LogP contribution in [0, 0.1) is 0 Å². The Morgan fingerprint density at radius 3 is 1.79 bits per heavy atom. The predicted molar refractivity (Wildman–Crippen MR) is 254 cm³/mol. The number of allylic oxidation sites excluding steroid dienone is 5. The van der Waals surface area contributed by atoms with Gasteiger partial charge in [0.05, 0.1) is 16.6 Å². The van der Waals surface area contributed by atoms with Gasteiger partial charge in [-0.15, -0.1) is 0 Å². The van der Waals surface area contributed by atoms with Gasteiger partial charge < -0.3 is 0 Å². The molecule has 0 bridgehead atoms. The summed E-state index contributed by atoms with van der Waals surface area (Å²) in [5.41, 5.74) is 17.7. The highest BCUT2D eigenvalue weighted by Crippen LogP contribution is 2.52. The summed E-state index contributed by atoms with van der Waals surface area (Å²) in [6.07, 6.45) is 13.7. The van der Waals surface area contributed by atoms with E-state index >= 15 is 0 Å². The van der Waals surface area contributed by atoms with E-state index in [1.807, 2.05) is 0 Å². The van der Waals surface area contributed by atoms with Gasteiger partial charge in [-0.05, 0) is 111 Å². The van der Waals surface area contributed by atoms with Crippen LogP contribution in [0.2, 0.25) is 0 Å². The molecule has 9 aromatic rings. The van der Waals surface area contributed by atoms with Crippen LogP contribution in [0.1, 0.15) is 46.4 Å². The van der Waals surface area contributed by atoms with E-state index in [0.717, 1.165) is 70.3 Å². The van der Waals surface area contributed by atoms with Gasteiger partial charge in [0, 0.05) is 16.5 Å². The van der Waals surface area contributed by atoms with Crippen molar-refractivity contribution in [3.63, 3.8) is 0 Å². The van der Waals surface area contributed by atoms with Crippen molar-refractivity contribution < 1.29 is 0 Å². The maximum atomic E-state index is 5.42. The fourth-order valence-corrected chi connectivity index (χ4v) is 10.3. The molecule has 0 radical (unpaired) electrons. The van der Waals surface area contributed by atoms with Crippen molar-refractivity contribution >= 4 is 22.6 Å². The minimum absolute atomic E-state index is 0.439. The molecule has 0 saturated heterocycles. The molecule has 1 atom stereocenters. The van der Waals surface area contributed by atoms with Crippen molar-refractivity contribution in [2.45, 2.75) is 31.1 Å². The van der Waals surface area contributed by atoms with Gasteiger partial charge in [-0.3, -0.25) is 4.57 Å². The Hall–Kier alpha value is -7.69. The third-order valence-electron chi connectivity index (χ3n) is 13.1. The molecule has 3 aliphatic carbocycles. The third kappa shape index (κ3) is 5.94. The van der Waals surface area contributed by atoms with E-state index < -0.39 is 5.41 Å². The molecular formula is C58H42N4. The fraction of sp³-hybridized carbons (Fsp3) is 0.0862. The Labute approximate surface area is 362 Å². The van der Waals surface area contributed by atoms with Crippen molar-refractivity contribution in [3.05, 3.63) is 239 Å². The molecular weight excluding hydrogens is 753 g/mol. The zero-order valence-electron chi connectivity index (χ0n) is 34.2. The fourth-order valence-electron chi connectivity index (χ4n) is 10.3. The van der Waals surface area contributed by atoms with Crippen LogP contribution in [0.5, 0.6) is 0 Å². The first-order chi connectivity index (χ1) is 30.7. The summed E-state index contributed by atoms with van der Waals surface area (Å²) < 4.78 is 2.30. The smallest absolute Gasteiger partial charge is 0.238 e. The highest BCUT2D eigenvalue weighted by atomic mass is 15.2. The Morgan fingerprint density at radius 2 is 1.10 bits per heavy atom. The average Bonchev–Trinajstić information content (AvgIpc) is 3.69. The number of para-hydroxylation sites is 1. The Balaban J connectivity index is 1.10. The maximum Gasteiger partial charge on any atom is 0.238 e. The minimum atomic E-state index is -0.439. The SMILES string of the molecule is C1=CC(C2=Cc3c(c4ccccc4n3-c3nc(-c4cccc(-c5ccccc5)c4)nc(-c4cccc(-c5ccccc5)c4)n3)CC2)(c2ccccc2)c2cccc3c2C1=CCC3. The van der Waals surface area contributed by atoms with E-state index in [2.05, 4.69) is 211 Å². The lowest BCUT2D eigenvalue weighted by atomic mass is 9.61. The van der Waals surface area contributed by atoms with Crippen molar-refractivity contribution in [1.29, 1.82) is 0 Å². The molecule has 3 aliphatic rings. The van der Waals surface area contributed by atoms with E-state index in [1.165, 1.54) is 44.3 Å². The van der Waals surface area contributed by atoms with Gasteiger partial charge in [-0.2, -0.15) is 9.97 Å². The molecule has 62 heavy (non-hydrogen) atoms. The van der Waals surface area contributed by atoms with E-state index in [0.29, 0.717) is 17.6 Å². The van der Waals surface area contributed by atoms with Gasteiger partial charge >= 0.3 is 0 Å². The predicted octanol–water partition coefficient (Wildman–Crippen LogP) is 13.7. The van der Waals surface area contributed by atoms with Crippen LogP contribution in [0.4, 0.5) is 0 Å². The van der Waals surface area contributed by atoms with Crippen LogP contribution in [0.3, 0.4) is 0 Å².